The Hall–Kier alpha value is -2.33. The highest BCUT2D eigenvalue weighted by Gasteiger charge is 2.38. The molecule has 0 aromatic carbocycles. The van der Waals surface area contributed by atoms with E-state index in [0.717, 1.165) is 24.7 Å². The molecule has 140 valence electrons. The molecule has 0 unspecified atom stereocenters. The number of hydrogen-bond acceptors (Lipinski definition) is 7. The molecule has 26 heavy (non-hydrogen) atoms. The number of aryl methyl sites for hydroxylation is 2. The first-order valence-electron chi connectivity index (χ1n) is 8.56. The van der Waals surface area contributed by atoms with Crippen molar-refractivity contribution in [1.82, 2.24) is 28.9 Å². The van der Waals surface area contributed by atoms with Crippen LogP contribution in [0.25, 0.3) is 0 Å². The highest BCUT2D eigenvalue weighted by Crippen LogP contribution is 2.26. The molecule has 10 heteroatoms. The summed E-state index contributed by atoms with van der Waals surface area (Å²) in [7, 11) is 0. The normalized spacial score (nSPS) is 22.3. The van der Waals surface area contributed by atoms with Crippen molar-refractivity contribution in [2.75, 3.05) is 6.54 Å². The molecule has 3 atom stereocenters. The first-order chi connectivity index (χ1) is 12.5. The Labute approximate surface area is 155 Å². The molecule has 0 radical (unpaired) electrons. The van der Waals surface area contributed by atoms with E-state index in [0.29, 0.717) is 25.1 Å². The molecule has 0 bridgehead atoms. The monoisotopic (exact) mass is 378 g/mol. The number of carbonyl (C=O) groups excluding carboxylic acids is 2. The Bertz CT molecular complexity index is 747. The molecular formula is C16H22N6O3S. The number of carbonyl (C=O) groups is 2. The Morgan fingerprint density at radius 1 is 1.38 bits per heavy atom. The van der Waals surface area contributed by atoms with Crippen LogP contribution in [0.2, 0.25) is 0 Å². The molecule has 1 aliphatic carbocycles. The van der Waals surface area contributed by atoms with Crippen LogP contribution >= 0.6 is 11.7 Å². The van der Waals surface area contributed by atoms with Gasteiger partial charge in [0.05, 0.1) is 35.9 Å². The van der Waals surface area contributed by atoms with Crippen LogP contribution in [0.15, 0.2) is 18.7 Å². The van der Waals surface area contributed by atoms with E-state index in [9.17, 15) is 14.7 Å². The molecule has 2 aromatic rings. The maximum atomic E-state index is 12.3. The molecule has 1 fully saturated rings. The van der Waals surface area contributed by atoms with Gasteiger partial charge >= 0.3 is 0 Å². The zero-order valence-electron chi connectivity index (χ0n) is 14.5. The summed E-state index contributed by atoms with van der Waals surface area (Å²) in [6.07, 6.45) is 6.14. The molecular weight excluding hydrogens is 356 g/mol. The van der Waals surface area contributed by atoms with Gasteiger partial charge in [0.1, 0.15) is 0 Å². The summed E-state index contributed by atoms with van der Waals surface area (Å²) < 4.78 is 9.88. The fourth-order valence-electron chi connectivity index (χ4n) is 3.10. The van der Waals surface area contributed by atoms with Gasteiger partial charge in [-0.25, -0.2) is 4.98 Å². The third-order valence-electron chi connectivity index (χ3n) is 4.54. The number of nitrogens with one attached hydrogen (secondary N) is 2. The summed E-state index contributed by atoms with van der Waals surface area (Å²) in [5, 5.41) is 15.9. The zero-order chi connectivity index (χ0) is 18.5. The molecule has 3 rings (SSSR count). The van der Waals surface area contributed by atoms with E-state index < -0.39 is 12.1 Å². The summed E-state index contributed by atoms with van der Waals surface area (Å²) in [6.45, 7) is 3.06. The van der Waals surface area contributed by atoms with E-state index in [1.165, 1.54) is 0 Å². The second-order valence-electron chi connectivity index (χ2n) is 6.46. The molecule has 3 N–H and O–H groups in total. The van der Waals surface area contributed by atoms with Crippen LogP contribution in [0.1, 0.15) is 35.4 Å². The average molecular weight is 378 g/mol. The minimum atomic E-state index is -0.743. The van der Waals surface area contributed by atoms with Gasteiger partial charge in [-0.05, 0) is 26.2 Å². The number of nitrogens with zero attached hydrogens (tertiary/aromatic N) is 4. The van der Waals surface area contributed by atoms with E-state index >= 15 is 0 Å². The van der Waals surface area contributed by atoms with Crippen molar-refractivity contribution in [3.05, 3.63) is 30.1 Å². The lowest BCUT2D eigenvalue weighted by Crippen LogP contribution is -2.40. The zero-order valence-corrected chi connectivity index (χ0v) is 15.3. The molecule has 2 aromatic heterocycles. The number of hydrogen-bond donors (Lipinski definition) is 3. The Kier molecular flexibility index (Phi) is 5.94. The molecule has 9 nitrogen and oxygen atoms in total. The highest BCUT2D eigenvalue weighted by atomic mass is 32.1. The maximum absolute atomic E-state index is 12.3. The van der Waals surface area contributed by atoms with E-state index in [1.54, 1.807) is 19.4 Å². The third kappa shape index (κ3) is 4.44. The minimum Gasteiger partial charge on any atom is -0.391 e. The molecule has 0 spiro atoms. The first kappa shape index (κ1) is 18.5. The van der Waals surface area contributed by atoms with Gasteiger partial charge in [0.15, 0.2) is 5.69 Å². The lowest BCUT2D eigenvalue weighted by Gasteiger charge is -2.15. The number of aliphatic hydroxyl groups excluding tert-OH is 1. The van der Waals surface area contributed by atoms with Crippen molar-refractivity contribution in [3.63, 3.8) is 0 Å². The Morgan fingerprint density at radius 2 is 2.23 bits per heavy atom. The van der Waals surface area contributed by atoms with Crippen molar-refractivity contribution < 1.29 is 14.7 Å². The van der Waals surface area contributed by atoms with Gasteiger partial charge in [-0.1, -0.05) is 0 Å². The molecule has 2 amide bonds. The Morgan fingerprint density at radius 3 is 2.92 bits per heavy atom. The largest absolute Gasteiger partial charge is 0.391 e. The van der Waals surface area contributed by atoms with Crippen molar-refractivity contribution in [3.8, 4) is 0 Å². The van der Waals surface area contributed by atoms with Crippen LogP contribution in [0.3, 0.4) is 0 Å². The third-order valence-corrected chi connectivity index (χ3v) is 5.16. The number of aliphatic hydroxyl groups is 1. The number of imidazole rings is 1. The standard InChI is InChI=1S/C16H22N6O3S/c1-10-14(21-26-20-10)16(25)19-12-7-11(8-13(12)23)15(24)18-3-2-5-22-6-4-17-9-22/h4,6,9,11-13,23H,2-3,5,7-8H2,1H3,(H,18,24)(H,19,25)/t11-,12+,13+/m0/s1. The quantitative estimate of drug-likeness (QED) is 0.588. The second kappa shape index (κ2) is 8.37. The smallest absolute Gasteiger partial charge is 0.273 e. The lowest BCUT2D eigenvalue weighted by atomic mass is 10.1. The molecule has 0 aliphatic heterocycles. The fraction of sp³-hybridized carbons (Fsp3) is 0.562. The molecule has 1 aliphatic rings. The number of rotatable bonds is 7. The van der Waals surface area contributed by atoms with Crippen molar-refractivity contribution >= 4 is 23.5 Å². The van der Waals surface area contributed by atoms with E-state index in [1.807, 2.05) is 10.8 Å². The highest BCUT2D eigenvalue weighted by molar-refractivity contribution is 6.99. The van der Waals surface area contributed by atoms with Crippen LogP contribution < -0.4 is 10.6 Å². The van der Waals surface area contributed by atoms with Crippen LogP contribution in [0.5, 0.6) is 0 Å². The first-order valence-corrected chi connectivity index (χ1v) is 9.29. The van der Waals surface area contributed by atoms with Gasteiger partial charge in [0.25, 0.3) is 5.91 Å². The topological polar surface area (TPSA) is 122 Å². The van der Waals surface area contributed by atoms with E-state index in [-0.39, 0.29) is 23.4 Å². The fourth-order valence-corrected chi connectivity index (χ4v) is 3.64. The number of aromatic nitrogens is 4. The molecule has 2 heterocycles. The van der Waals surface area contributed by atoms with Crippen LogP contribution in [-0.4, -0.2) is 53.9 Å². The van der Waals surface area contributed by atoms with E-state index in [4.69, 9.17) is 0 Å². The van der Waals surface area contributed by atoms with Crippen LogP contribution in [-0.2, 0) is 11.3 Å². The van der Waals surface area contributed by atoms with Gasteiger partial charge in [-0.2, -0.15) is 8.75 Å². The van der Waals surface area contributed by atoms with Crippen molar-refractivity contribution in [2.24, 2.45) is 5.92 Å². The summed E-state index contributed by atoms with van der Waals surface area (Å²) in [4.78, 5) is 28.5. The van der Waals surface area contributed by atoms with Gasteiger partial charge < -0.3 is 20.3 Å². The SMILES string of the molecule is Cc1nsnc1C(=O)N[C@@H]1C[C@H](C(=O)NCCCn2ccnc2)C[C@H]1O. The van der Waals surface area contributed by atoms with Crippen LogP contribution in [0, 0.1) is 12.8 Å². The van der Waals surface area contributed by atoms with E-state index in [2.05, 4.69) is 24.4 Å². The summed E-state index contributed by atoms with van der Waals surface area (Å²) in [6, 6.07) is -0.453. The summed E-state index contributed by atoms with van der Waals surface area (Å²) >= 11 is 0.976. The molecule has 0 saturated heterocycles. The Balaban J connectivity index is 1.43. The lowest BCUT2D eigenvalue weighted by molar-refractivity contribution is -0.125. The van der Waals surface area contributed by atoms with Gasteiger partial charge in [0, 0.05) is 31.4 Å². The van der Waals surface area contributed by atoms with Gasteiger partial charge in [0.2, 0.25) is 5.91 Å². The van der Waals surface area contributed by atoms with Gasteiger partial charge in [-0.3, -0.25) is 9.59 Å². The van der Waals surface area contributed by atoms with Gasteiger partial charge in [-0.15, -0.1) is 0 Å². The average Bonchev–Trinajstić information content (AvgIpc) is 3.34. The van der Waals surface area contributed by atoms with Crippen molar-refractivity contribution in [1.29, 1.82) is 0 Å². The summed E-state index contributed by atoms with van der Waals surface area (Å²) in [5.41, 5.74) is 0.835. The minimum absolute atomic E-state index is 0.0852. The predicted molar refractivity (Wildman–Crippen MR) is 94.5 cm³/mol. The van der Waals surface area contributed by atoms with Crippen molar-refractivity contribution in [2.45, 2.75) is 44.9 Å². The number of amides is 2. The van der Waals surface area contributed by atoms with Crippen LogP contribution in [0.4, 0.5) is 0 Å². The molecule has 1 saturated carbocycles. The maximum Gasteiger partial charge on any atom is 0.273 e. The predicted octanol–water partition coefficient (Wildman–Crippen LogP) is 0.119. The summed E-state index contributed by atoms with van der Waals surface area (Å²) in [5.74, 6) is -0.752. The second-order valence-corrected chi connectivity index (χ2v) is 6.99.